The normalized spacial score (nSPS) is 16.3. The molecule has 1 fully saturated rings. The van der Waals surface area contributed by atoms with Gasteiger partial charge in [0.25, 0.3) is 5.91 Å². The molecule has 3 rings (SSSR count). The smallest absolute Gasteiger partial charge is 0.252 e. The molecule has 0 aliphatic carbocycles. The number of carbonyl (C=O) groups excluding carboxylic acids is 1. The lowest BCUT2D eigenvalue weighted by atomic mass is 10.1. The molecule has 1 aliphatic rings. The number of amides is 1. The molecule has 0 radical (unpaired) electrons. The van der Waals surface area contributed by atoms with E-state index in [0.717, 1.165) is 25.9 Å². The standard InChI is InChI=1S/C20H26ClN3O3S2/c1-14(2)23-29(26,27)15-7-8-17(21)16(12-15)20(25)22-13-18(19-6-5-11-28-19)24-9-3-4-10-24/h5-8,11-12,14,18,23H,3-4,9-10,13H2,1-2H3,(H,22,25). The van der Waals surface area contributed by atoms with Gasteiger partial charge in [0.1, 0.15) is 0 Å². The van der Waals surface area contributed by atoms with E-state index in [1.165, 1.54) is 23.1 Å². The highest BCUT2D eigenvalue weighted by atomic mass is 35.5. The maximum Gasteiger partial charge on any atom is 0.252 e. The second-order valence-electron chi connectivity index (χ2n) is 7.40. The van der Waals surface area contributed by atoms with Crippen LogP contribution >= 0.6 is 22.9 Å². The Labute approximate surface area is 181 Å². The van der Waals surface area contributed by atoms with E-state index in [1.807, 2.05) is 11.4 Å². The Morgan fingerprint density at radius 1 is 1.24 bits per heavy atom. The second kappa shape index (κ2) is 9.57. The van der Waals surface area contributed by atoms with E-state index < -0.39 is 10.0 Å². The van der Waals surface area contributed by atoms with Crippen molar-refractivity contribution in [2.24, 2.45) is 0 Å². The third-order valence-electron chi connectivity index (χ3n) is 4.79. The number of thiophene rings is 1. The lowest BCUT2D eigenvalue weighted by Crippen LogP contribution is -2.36. The van der Waals surface area contributed by atoms with Crippen molar-refractivity contribution < 1.29 is 13.2 Å². The molecule has 2 N–H and O–H groups in total. The van der Waals surface area contributed by atoms with Gasteiger partial charge in [-0.1, -0.05) is 17.7 Å². The van der Waals surface area contributed by atoms with E-state index in [4.69, 9.17) is 11.6 Å². The first-order chi connectivity index (χ1) is 13.8. The molecule has 9 heteroatoms. The number of likely N-dealkylation sites (tertiary alicyclic amines) is 1. The average Bonchev–Trinajstić information content (AvgIpc) is 3.35. The van der Waals surface area contributed by atoms with Gasteiger partial charge in [-0.3, -0.25) is 9.69 Å². The van der Waals surface area contributed by atoms with Crippen LogP contribution in [0.3, 0.4) is 0 Å². The monoisotopic (exact) mass is 455 g/mol. The summed E-state index contributed by atoms with van der Waals surface area (Å²) in [6.45, 7) is 5.94. The van der Waals surface area contributed by atoms with E-state index in [1.54, 1.807) is 25.2 Å². The quantitative estimate of drug-likeness (QED) is 0.636. The largest absolute Gasteiger partial charge is 0.350 e. The third-order valence-corrected chi connectivity index (χ3v) is 7.75. The first-order valence-corrected chi connectivity index (χ1v) is 12.4. The molecule has 2 heterocycles. The SMILES string of the molecule is CC(C)NS(=O)(=O)c1ccc(Cl)c(C(=O)NCC(c2cccs2)N2CCCC2)c1. The Morgan fingerprint density at radius 2 is 1.97 bits per heavy atom. The first kappa shape index (κ1) is 22.2. The fourth-order valence-corrected chi connectivity index (χ4v) is 5.79. The molecule has 0 saturated carbocycles. The van der Waals surface area contributed by atoms with Crippen LogP contribution in [0.1, 0.15) is 48.0 Å². The van der Waals surface area contributed by atoms with Crippen LogP contribution in [0.15, 0.2) is 40.6 Å². The van der Waals surface area contributed by atoms with Crippen LogP contribution in [0, 0.1) is 0 Å². The maximum atomic E-state index is 12.8. The summed E-state index contributed by atoms with van der Waals surface area (Å²) in [5.41, 5.74) is 0.157. The molecular weight excluding hydrogens is 430 g/mol. The van der Waals surface area contributed by atoms with E-state index >= 15 is 0 Å². The molecule has 0 bridgehead atoms. The minimum atomic E-state index is -3.71. The van der Waals surface area contributed by atoms with Crippen LogP contribution in [0.2, 0.25) is 5.02 Å². The Bertz CT molecular complexity index is 940. The molecule has 1 unspecified atom stereocenters. The number of rotatable bonds is 8. The molecule has 1 aliphatic heterocycles. The number of sulfonamides is 1. The van der Waals surface area contributed by atoms with Gasteiger partial charge >= 0.3 is 0 Å². The van der Waals surface area contributed by atoms with Gasteiger partial charge in [-0.05, 0) is 69.4 Å². The van der Waals surface area contributed by atoms with Crippen molar-refractivity contribution in [1.82, 2.24) is 14.9 Å². The zero-order chi connectivity index (χ0) is 21.0. The minimum Gasteiger partial charge on any atom is -0.350 e. The zero-order valence-corrected chi connectivity index (χ0v) is 18.9. The predicted octanol–water partition coefficient (Wildman–Crippen LogP) is 3.66. The van der Waals surface area contributed by atoms with Crippen LogP contribution < -0.4 is 10.0 Å². The Kier molecular flexibility index (Phi) is 7.34. The summed E-state index contributed by atoms with van der Waals surface area (Å²) in [4.78, 5) is 16.4. The number of carbonyl (C=O) groups is 1. The molecule has 158 valence electrons. The van der Waals surface area contributed by atoms with Gasteiger partial charge in [0.15, 0.2) is 0 Å². The van der Waals surface area contributed by atoms with Crippen LogP contribution in [0.5, 0.6) is 0 Å². The lowest BCUT2D eigenvalue weighted by molar-refractivity contribution is 0.0938. The first-order valence-electron chi connectivity index (χ1n) is 9.65. The summed E-state index contributed by atoms with van der Waals surface area (Å²) in [6, 6.07) is 8.13. The fourth-order valence-electron chi connectivity index (χ4n) is 3.45. The summed E-state index contributed by atoms with van der Waals surface area (Å²) in [5, 5.41) is 5.21. The highest BCUT2D eigenvalue weighted by Gasteiger charge is 2.26. The summed E-state index contributed by atoms with van der Waals surface area (Å²) in [5.74, 6) is -0.377. The van der Waals surface area contributed by atoms with Crippen molar-refractivity contribution in [2.45, 2.75) is 43.7 Å². The molecule has 1 aromatic carbocycles. The summed E-state index contributed by atoms with van der Waals surface area (Å²) in [6.07, 6.45) is 2.31. The Balaban J connectivity index is 1.76. The summed E-state index contributed by atoms with van der Waals surface area (Å²) < 4.78 is 27.4. The number of hydrogen-bond acceptors (Lipinski definition) is 5. The van der Waals surface area contributed by atoms with Gasteiger partial charge in [0.05, 0.1) is 21.5 Å². The van der Waals surface area contributed by atoms with Gasteiger partial charge in [-0.25, -0.2) is 13.1 Å². The van der Waals surface area contributed by atoms with Crippen molar-refractivity contribution in [3.05, 3.63) is 51.2 Å². The van der Waals surface area contributed by atoms with Crippen molar-refractivity contribution >= 4 is 38.9 Å². The van der Waals surface area contributed by atoms with Crippen molar-refractivity contribution in [2.75, 3.05) is 19.6 Å². The molecular formula is C20H26ClN3O3S2. The van der Waals surface area contributed by atoms with Gasteiger partial charge in [0.2, 0.25) is 10.0 Å². The molecule has 0 spiro atoms. The van der Waals surface area contributed by atoms with Crippen LogP contribution in [0.4, 0.5) is 0 Å². The molecule has 1 atom stereocenters. The number of hydrogen-bond donors (Lipinski definition) is 2. The minimum absolute atomic E-state index is 0.0232. The van der Waals surface area contributed by atoms with Gasteiger partial charge in [-0.15, -0.1) is 11.3 Å². The Morgan fingerprint density at radius 3 is 2.59 bits per heavy atom. The van der Waals surface area contributed by atoms with E-state index in [0.29, 0.717) is 6.54 Å². The third kappa shape index (κ3) is 5.58. The van der Waals surface area contributed by atoms with E-state index in [2.05, 4.69) is 21.0 Å². The second-order valence-corrected chi connectivity index (χ2v) is 10.5. The highest BCUT2D eigenvalue weighted by molar-refractivity contribution is 7.89. The van der Waals surface area contributed by atoms with Gasteiger partial charge < -0.3 is 5.32 Å². The number of nitrogens with one attached hydrogen (secondary N) is 2. The van der Waals surface area contributed by atoms with Gasteiger partial charge in [0, 0.05) is 17.5 Å². The predicted molar refractivity (Wildman–Crippen MR) is 117 cm³/mol. The van der Waals surface area contributed by atoms with Crippen molar-refractivity contribution in [3.63, 3.8) is 0 Å². The molecule has 1 amide bonds. The van der Waals surface area contributed by atoms with Crippen LogP contribution in [0.25, 0.3) is 0 Å². The fraction of sp³-hybridized carbons (Fsp3) is 0.450. The van der Waals surface area contributed by atoms with Crippen LogP contribution in [-0.4, -0.2) is 44.9 Å². The number of halogens is 1. The zero-order valence-electron chi connectivity index (χ0n) is 16.5. The van der Waals surface area contributed by atoms with E-state index in [-0.39, 0.29) is 33.5 Å². The topological polar surface area (TPSA) is 78.5 Å². The van der Waals surface area contributed by atoms with Crippen molar-refractivity contribution in [3.8, 4) is 0 Å². The molecule has 2 aromatic rings. The Hall–Kier alpha value is -1.45. The summed E-state index contributed by atoms with van der Waals surface area (Å²) >= 11 is 7.88. The average molecular weight is 456 g/mol. The van der Waals surface area contributed by atoms with E-state index in [9.17, 15) is 13.2 Å². The molecule has 1 saturated heterocycles. The lowest BCUT2D eigenvalue weighted by Gasteiger charge is -2.27. The van der Waals surface area contributed by atoms with Crippen molar-refractivity contribution in [1.29, 1.82) is 0 Å². The maximum absolute atomic E-state index is 12.8. The molecule has 1 aromatic heterocycles. The highest BCUT2D eigenvalue weighted by Crippen LogP contribution is 2.28. The number of nitrogens with zero attached hydrogens (tertiary/aromatic N) is 1. The molecule has 6 nitrogen and oxygen atoms in total. The van der Waals surface area contributed by atoms with Gasteiger partial charge in [-0.2, -0.15) is 0 Å². The molecule has 29 heavy (non-hydrogen) atoms. The number of benzene rings is 1. The summed E-state index contributed by atoms with van der Waals surface area (Å²) in [7, 11) is -3.71. The van der Waals surface area contributed by atoms with Crippen LogP contribution in [-0.2, 0) is 10.0 Å².